The molecule has 0 saturated heterocycles. The SMILES string of the molecule is CS(=O)(=O)c1oc(C(=O)O)c(S(C)(=O)=O)c1S(C)(=O)=O.O=C(O)CSc1nccs1. The van der Waals surface area contributed by atoms with Crippen molar-refractivity contribution in [3.63, 3.8) is 0 Å². The number of furan rings is 1. The third-order valence-corrected chi connectivity index (χ3v) is 8.23. The van der Waals surface area contributed by atoms with Gasteiger partial charge in [-0.1, -0.05) is 11.8 Å². The van der Waals surface area contributed by atoms with Gasteiger partial charge in [-0.15, -0.1) is 11.3 Å². The van der Waals surface area contributed by atoms with Crippen molar-refractivity contribution in [3.05, 3.63) is 17.3 Å². The zero-order chi connectivity index (χ0) is 23.5. The first-order chi connectivity index (χ1) is 13.5. The summed E-state index contributed by atoms with van der Waals surface area (Å²) in [5.41, 5.74) is 0. The lowest BCUT2D eigenvalue weighted by Gasteiger charge is -2.01. The second-order valence-electron chi connectivity index (χ2n) is 5.48. The number of sulfone groups is 3. The highest BCUT2D eigenvalue weighted by molar-refractivity contribution is 8.01. The lowest BCUT2D eigenvalue weighted by atomic mass is 10.4. The van der Waals surface area contributed by atoms with Crippen LogP contribution in [0, 0.1) is 0 Å². The highest BCUT2D eigenvalue weighted by Gasteiger charge is 2.39. The molecule has 0 spiro atoms. The molecular weight excluding hydrogens is 506 g/mol. The van der Waals surface area contributed by atoms with Crippen LogP contribution in [0.3, 0.4) is 0 Å². The van der Waals surface area contributed by atoms with Crippen LogP contribution >= 0.6 is 23.1 Å². The number of thiazole rings is 1. The van der Waals surface area contributed by atoms with Crippen LogP contribution < -0.4 is 0 Å². The van der Waals surface area contributed by atoms with E-state index in [1.807, 2.05) is 5.38 Å². The highest BCUT2D eigenvalue weighted by atomic mass is 32.2. The lowest BCUT2D eigenvalue weighted by molar-refractivity contribution is -0.133. The second kappa shape index (κ2) is 9.46. The van der Waals surface area contributed by atoms with Gasteiger partial charge in [0, 0.05) is 30.3 Å². The Morgan fingerprint density at radius 1 is 1.00 bits per heavy atom. The molecule has 0 aliphatic rings. The fourth-order valence-electron chi connectivity index (χ4n) is 1.83. The molecule has 2 heterocycles. The summed E-state index contributed by atoms with van der Waals surface area (Å²) < 4.78 is 74.6. The van der Waals surface area contributed by atoms with Gasteiger partial charge in [0.15, 0.2) is 19.7 Å². The third-order valence-electron chi connectivity index (χ3n) is 2.79. The predicted octanol–water partition coefficient (Wildman–Crippen LogP) is 0.508. The number of aromatic carboxylic acids is 1. The number of carboxylic acids is 2. The van der Waals surface area contributed by atoms with E-state index in [1.165, 1.54) is 23.1 Å². The molecule has 0 aromatic carbocycles. The van der Waals surface area contributed by atoms with Gasteiger partial charge in [-0.05, 0) is 0 Å². The maximum atomic E-state index is 11.6. The Bertz CT molecular complexity index is 1250. The van der Waals surface area contributed by atoms with E-state index in [0.717, 1.165) is 4.34 Å². The van der Waals surface area contributed by atoms with Gasteiger partial charge < -0.3 is 14.6 Å². The van der Waals surface area contributed by atoms with Crippen LogP contribution in [-0.2, 0) is 34.3 Å². The first-order valence-corrected chi connectivity index (χ1v) is 14.7. The molecular formula is C13H15NO11S5. The summed E-state index contributed by atoms with van der Waals surface area (Å²) in [5, 5.41) is 17.7. The molecule has 0 unspecified atom stereocenters. The fourth-order valence-corrected chi connectivity index (χ4v) is 7.41. The molecule has 2 N–H and O–H groups in total. The Kier molecular flexibility index (Phi) is 8.23. The minimum atomic E-state index is -4.36. The first-order valence-electron chi connectivity index (χ1n) is 7.20. The number of rotatable bonds is 7. The molecule has 0 radical (unpaired) electrons. The third kappa shape index (κ3) is 7.08. The number of carboxylic acid groups (broad SMARTS) is 2. The fraction of sp³-hybridized carbons (Fsp3) is 0.308. The van der Waals surface area contributed by atoms with E-state index in [2.05, 4.69) is 9.40 Å². The number of nitrogens with zero attached hydrogens (tertiary/aromatic N) is 1. The van der Waals surface area contributed by atoms with Crippen LogP contribution in [0.25, 0.3) is 0 Å². The molecule has 30 heavy (non-hydrogen) atoms. The Morgan fingerprint density at radius 3 is 1.87 bits per heavy atom. The maximum Gasteiger partial charge on any atom is 0.373 e. The average Bonchev–Trinajstić information content (AvgIpc) is 3.19. The number of hydrogen-bond donors (Lipinski definition) is 2. The van der Waals surface area contributed by atoms with E-state index in [0.29, 0.717) is 18.8 Å². The van der Waals surface area contributed by atoms with Gasteiger partial charge in [-0.2, -0.15) is 0 Å². The quantitative estimate of drug-likeness (QED) is 0.477. The summed E-state index contributed by atoms with van der Waals surface area (Å²) in [6.07, 6.45) is 3.32. The van der Waals surface area contributed by atoms with Crippen molar-refractivity contribution in [1.29, 1.82) is 0 Å². The molecule has 0 aliphatic carbocycles. The van der Waals surface area contributed by atoms with Crippen molar-refractivity contribution < 1.29 is 49.5 Å². The largest absolute Gasteiger partial charge is 0.481 e. The van der Waals surface area contributed by atoms with Crippen LogP contribution in [0.5, 0.6) is 0 Å². The number of carbonyl (C=O) groups is 2. The molecule has 0 atom stereocenters. The molecule has 0 bridgehead atoms. The molecule has 0 fully saturated rings. The van der Waals surface area contributed by atoms with Gasteiger partial charge in [-0.3, -0.25) is 4.79 Å². The highest BCUT2D eigenvalue weighted by Crippen LogP contribution is 2.34. The summed E-state index contributed by atoms with van der Waals surface area (Å²) in [7, 11) is -13.0. The minimum absolute atomic E-state index is 0.0908. The lowest BCUT2D eigenvalue weighted by Crippen LogP contribution is -2.11. The number of thioether (sulfide) groups is 1. The van der Waals surface area contributed by atoms with Crippen LogP contribution in [0.1, 0.15) is 10.6 Å². The summed E-state index contributed by atoms with van der Waals surface area (Å²) in [6.45, 7) is 0. The maximum absolute atomic E-state index is 11.6. The molecule has 12 nitrogen and oxygen atoms in total. The molecule has 2 rings (SSSR count). The monoisotopic (exact) mass is 521 g/mol. The standard InChI is InChI=1S/C8H10O9S3.C5H5NO2S2/c1-18(11,12)5-4(7(9)10)17-8(20(3,15)16)6(5)19(2,13)14;7-4(8)3-10-5-6-1-2-9-5/h1-3H3,(H,9,10);1-2H,3H2,(H,7,8). The topological polar surface area (TPSA) is 203 Å². The van der Waals surface area contributed by atoms with Crippen molar-refractivity contribution in [2.24, 2.45) is 0 Å². The predicted molar refractivity (Wildman–Crippen MR) is 105 cm³/mol. The van der Waals surface area contributed by atoms with Crippen molar-refractivity contribution in [2.45, 2.75) is 19.2 Å². The summed E-state index contributed by atoms with van der Waals surface area (Å²) in [4.78, 5) is 22.6. The van der Waals surface area contributed by atoms with Gasteiger partial charge in [0.1, 0.15) is 14.1 Å². The zero-order valence-corrected chi connectivity index (χ0v) is 19.5. The molecule has 2 aromatic heterocycles. The van der Waals surface area contributed by atoms with Crippen molar-refractivity contribution in [2.75, 3.05) is 24.5 Å². The van der Waals surface area contributed by atoms with Crippen LogP contribution in [-0.4, -0.2) is 76.9 Å². The van der Waals surface area contributed by atoms with Gasteiger partial charge in [0.05, 0.1) is 5.75 Å². The van der Waals surface area contributed by atoms with E-state index in [-0.39, 0.29) is 5.75 Å². The Balaban J connectivity index is 0.000000375. The molecule has 0 aliphatic heterocycles. The average molecular weight is 522 g/mol. The molecule has 2 aromatic rings. The Hall–Kier alpha value is -1.95. The first kappa shape index (κ1) is 26.1. The van der Waals surface area contributed by atoms with Crippen molar-refractivity contribution >= 4 is 64.5 Å². The smallest absolute Gasteiger partial charge is 0.373 e. The number of aliphatic carboxylic acids is 1. The van der Waals surface area contributed by atoms with E-state index in [9.17, 15) is 34.8 Å². The molecule has 0 amide bonds. The zero-order valence-electron chi connectivity index (χ0n) is 15.4. The Labute approximate surface area is 179 Å². The molecule has 168 valence electrons. The van der Waals surface area contributed by atoms with Crippen LogP contribution in [0.15, 0.2) is 35.2 Å². The van der Waals surface area contributed by atoms with Gasteiger partial charge in [0.25, 0.3) is 0 Å². The van der Waals surface area contributed by atoms with E-state index in [1.54, 1.807) is 6.20 Å². The van der Waals surface area contributed by atoms with E-state index >= 15 is 0 Å². The molecule has 17 heteroatoms. The normalized spacial score (nSPS) is 12.1. The number of hydrogen-bond acceptors (Lipinski definition) is 12. The minimum Gasteiger partial charge on any atom is -0.481 e. The van der Waals surface area contributed by atoms with Crippen LogP contribution in [0.4, 0.5) is 0 Å². The van der Waals surface area contributed by atoms with Crippen molar-refractivity contribution in [1.82, 2.24) is 4.98 Å². The molecule has 0 saturated carbocycles. The number of aromatic nitrogens is 1. The van der Waals surface area contributed by atoms with Crippen LogP contribution in [0.2, 0.25) is 0 Å². The van der Waals surface area contributed by atoms with E-state index < -0.39 is 62.1 Å². The van der Waals surface area contributed by atoms with E-state index in [4.69, 9.17) is 10.2 Å². The van der Waals surface area contributed by atoms with Gasteiger partial charge >= 0.3 is 11.9 Å². The summed E-state index contributed by atoms with van der Waals surface area (Å²) in [5.74, 6) is -3.87. The van der Waals surface area contributed by atoms with Gasteiger partial charge in [-0.25, -0.2) is 35.0 Å². The summed E-state index contributed by atoms with van der Waals surface area (Å²) >= 11 is 2.70. The summed E-state index contributed by atoms with van der Waals surface area (Å²) in [6, 6.07) is 0. The van der Waals surface area contributed by atoms with Crippen molar-refractivity contribution in [3.8, 4) is 0 Å². The Morgan fingerprint density at radius 2 is 1.53 bits per heavy atom. The van der Waals surface area contributed by atoms with Gasteiger partial charge in [0.2, 0.25) is 20.7 Å². The second-order valence-corrected chi connectivity index (χ2v) is 13.4.